The molecule has 0 radical (unpaired) electrons. The van der Waals surface area contributed by atoms with E-state index in [1.807, 2.05) is 0 Å². The van der Waals surface area contributed by atoms with Gasteiger partial charge in [0.1, 0.15) is 5.82 Å². The topological polar surface area (TPSA) is 88.5 Å². The lowest BCUT2D eigenvalue weighted by Crippen LogP contribution is -2.21. The third-order valence-corrected chi connectivity index (χ3v) is 5.09. The molecule has 0 fully saturated rings. The lowest BCUT2D eigenvalue weighted by Gasteiger charge is -2.19. The molecule has 3 rings (SSSR count). The maximum atomic E-state index is 13.2. The number of halogens is 1. The van der Waals surface area contributed by atoms with E-state index in [0.717, 1.165) is 36.4 Å². The Balaban J connectivity index is 2.37. The van der Waals surface area contributed by atoms with Crippen LogP contribution in [0.15, 0.2) is 46.2 Å². The number of carbonyl (C=O) groups is 2. The van der Waals surface area contributed by atoms with Crippen LogP contribution in [-0.2, 0) is 9.84 Å². The molecule has 0 atom stereocenters. The number of benzene rings is 2. The van der Waals surface area contributed by atoms with Gasteiger partial charge in [0, 0.05) is 11.1 Å². The van der Waals surface area contributed by atoms with Crippen molar-refractivity contribution < 1.29 is 27.5 Å². The van der Waals surface area contributed by atoms with E-state index in [-0.39, 0.29) is 26.5 Å². The average molecular weight is 306 g/mol. The minimum atomic E-state index is -4.06. The summed E-state index contributed by atoms with van der Waals surface area (Å²) < 4.78 is 38.2. The first-order chi connectivity index (χ1) is 9.82. The third-order valence-electron chi connectivity index (χ3n) is 3.24. The SMILES string of the molecule is O=C(O)c1ccc2c(c1)S(=O)(=O)c1ccc(F)cc1C2=O. The second-order valence-corrected chi connectivity index (χ2v) is 6.38. The monoisotopic (exact) mass is 306 g/mol. The molecule has 0 saturated carbocycles. The molecule has 7 heteroatoms. The highest BCUT2D eigenvalue weighted by molar-refractivity contribution is 7.91. The second kappa shape index (κ2) is 4.23. The van der Waals surface area contributed by atoms with Gasteiger partial charge in [-0.2, -0.15) is 0 Å². The van der Waals surface area contributed by atoms with Crippen LogP contribution in [0.4, 0.5) is 4.39 Å². The first kappa shape index (κ1) is 13.4. The summed E-state index contributed by atoms with van der Waals surface area (Å²) in [7, 11) is -4.06. The Morgan fingerprint density at radius 2 is 1.71 bits per heavy atom. The molecule has 1 aliphatic heterocycles. The van der Waals surface area contributed by atoms with Gasteiger partial charge in [0.2, 0.25) is 9.84 Å². The van der Waals surface area contributed by atoms with E-state index in [0.29, 0.717) is 0 Å². The number of hydrogen-bond acceptors (Lipinski definition) is 4. The fourth-order valence-electron chi connectivity index (χ4n) is 2.24. The number of sulfone groups is 1. The minimum absolute atomic E-state index is 0.155. The third kappa shape index (κ3) is 1.85. The largest absolute Gasteiger partial charge is 0.478 e. The van der Waals surface area contributed by atoms with Crippen molar-refractivity contribution in [2.24, 2.45) is 0 Å². The van der Waals surface area contributed by atoms with Gasteiger partial charge in [-0.05, 0) is 36.4 Å². The second-order valence-electron chi connectivity index (χ2n) is 4.49. The summed E-state index contributed by atoms with van der Waals surface area (Å²) in [5, 5.41) is 8.92. The number of carboxylic acids is 1. The van der Waals surface area contributed by atoms with Crippen molar-refractivity contribution in [2.75, 3.05) is 0 Å². The maximum absolute atomic E-state index is 13.2. The lowest BCUT2D eigenvalue weighted by molar-refractivity contribution is 0.0696. The molecule has 0 aromatic heterocycles. The smallest absolute Gasteiger partial charge is 0.335 e. The molecule has 21 heavy (non-hydrogen) atoms. The van der Waals surface area contributed by atoms with Crippen molar-refractivity contribution in [2.45, 2.75) is 9.79 Å². The highest BCUT2D eigenvalue weighted by atomic mass is 32.2. The van der Waals surface area contributed by atoms with Crippen LogP contribution in [0.1, 0.15) is 26.3 Å². The Kier molecular flexibility index (Phi) is 2.70. The summed E-state index contributed by atoms with van der Waals surface area (Å²) >= 11 is 0. The van der Waals surface area contributed by atoms with Gasteiger partial charge < -0.3 is 5.11 Å². The molecule has 0 spiro atoms. The van der Waals surface area contributed by atoms with E-state index >= 15 is 0 Å². The molecule has 106 valence electrons. The predicted molar refractivity (Wildman–Crippen MR) is 68.7 cm³/mol. The van der Waals surface area contributed by atoms with Crippen molar-refractivity contribution in [3.05, 3.63) is 58.9 Å². The number of carbonyl (C=O) groups excluding carboxylic acids is 1. The summed E-state index contributed by atoms with van der Waals surface area (Å²) in [4.78, 5) is 22.5. The maximum Gasteiger partial charge on any atom is 0.335 e. The number of aromatic carboxylic acids is 1. The number of fused-ring (bicyclic) bond motifs is 2. The summed E-state index contributed by atoms with van der Waals surface area (Å²) in [6, 6.07) is 6.02. The van der Waals surface area contributed by atoms with Crippen LogP contribution in [0.3, 0.4) is 0 Å². The predicted octanol–water partition coefficient (Wildman–Crippen LogP) is 1.90. The number of carboxylic acid groups (broad SMARTS) is 1. The molecule has 1 aliphatic rings. The standard InChI is InChI=1S/C14H7FO5S/c15-8-2-4-11-10(6-8)13(16)9-3-1-7(14(17)18)5-12(9)21(11,19)20/h1-6H,(H,17,18). The van der Waals surface area contributed by atoms with Crippen molar-refractivity contribution >= 4 is 21.6 Å². The van der Waals surface area contributed by atoms with Crippen LogP contribution >= 0.6 is 0 Å². The number of rotatable bonds is 1. The van der Waals surface area contributed by atoms with Gasteiger partial charge in [-0.25, -0.2) is 17.6 Å². The van der Waals surface area contributed by atoms with Crippen LogP contribution in [0.5, 0.6) is 0 Å². The van der Waals surface area contributed by atoms with Gasteiger partial charge in [-0.1, -0.05) is 0 Å². The van der Waals surface area contributed by atoms with Crippen molar-refractivity contribution in [3.8, 4) is 0 Å². The fourth-order valence-corrected chi connectivity index (χ4v) is 3.90. The minimum Gasteiger partial charge on any atom is -0.478 e. The summed E-state index contributed by atoms with van der Waals surface area (Å²) in [5.74, 6) is -2.67. The summed E-state index contributed by atoms with van der Waals surface area (Å²) in [5.41, 5.74) is -0.639. The van der Waals surface area contributed by atoms with Crippen LogP contribution in [0, 0.1) is 5.82 Å². The van der Waals surface area contributed by atoms with Crippen molar-refractivity contribution in [1.29, 1.82) is 0 Å². The van der Waals surface area contributed by atoms with Gasteiger partial charge in [0.15, 0.2) is 5.78 Å². The molecule has 0 unspecified atom stereocenters. The molecular weight excluding hydrogens is 299 g/mol. The average Bonchev–Trinajstić information content (AvgIpc) is 2.44. The van der Waals surface area contributed by atoms with E-state index in [1.165, 1.54) is 0 Å². The van der Waals surface area contributed by atoms with Crippen molar-refractivity contribution in [1.82, 2.24) is 0 Å². The summed E-state index contributed by atoms with van der Waals surface area (Å²) in [6.45, 7) is 0. The quantitative estimate of drug-likeness (QED) is 0.694. The van der Waals surface area contributed by atoms with E-state index in [4.69, 9.17) is 5.11 Å². The van der Waals surface area contributed by atoms with Crippen LogP contribution in [0.25, 0.3) is 0 Å². The molecule has 2 aromatic rings. The Morgan fingerprint density at radius 1 is 1.00 bits per heavy atom. The zero-order valence-corrected chi connectivity index (χ0v) is 11.1. The van der Waals surface area contributed by atoms with Gasteiger partial charge in [0.05, 0.1) is 15.4 Å². The van der Waals surface area contributed by atoms with Crippen LogP contribution in [0.2, 0.25) is 0 Å². The van der Waals surface area contributed by atoms with E-state index in [1.54, 1.807) is 0 Å². The molecule has 1 heterocycles. The molecular formula is C14H7FO5S. The Morgan fingerprint density at radius 3 is 2.38 bits per heavy atom. The van der Waals surface area contributed by atoms with Gasteiger partial charge in [0.25, 0.3) is 0 Å². The van der Waals surface area contributed by atoms with Gasteiger partial charge >= 0.3 is 5.97 Å². The Labute approximate surface area is 118 Å². The highest BCUT2D eigenvalue weighted by Gasteiger charge is 2.35. The molecule has 0 aliphatic carbocycles. The zero-order valence-electron chi connectivity index (χ0n) is 10.3. The van der Waals surface area contributed by atoms with Crippen LogP contribution < -0.4 is 0 Å². The fraction of sp³-hybridized carbons (Fsp3) is 0. The molecule has 0 amide bonds. The van der Waals surface area contributed by atoms with Gasteiger partial charge in [-0.15, -0.1) is 0 Å². The summed E-state index contributed by atoms with van der Waals surface area (Å²) in [6.07, 6.45) is 0. The number of hydrogen-bond donors (Lipinski definition) is 1. The zero-order chi connectivity index (χ0) is 15.4. The first-order valence-corrected chi connectivity index (χ1v) is 7.27. The van der Waals surface area contributed by atoms with Crippen molar-refractivity contribution in [3.63, 3.8) is 0 Å². The van der Waals surface area contributed by atoms with E-state index in [2.05, 4.69) is 0 Å². The molecule has 0 saturated heterocycles. The van der Waals surface area contributed by atoms with E-state index in [9.17, 15) is 22.4 Å². The number of ketones is 1. The molecule has 0 bridgehead atoms. The van der Waals surface area contributed by atoms with E-state index < -0.39 is 27.4 Å². The Hall–Kier alpha value is -2.54. The van der Waals surface area contributed by atoms with Gasteiger partial charge in [-0.3, -0.25) is 4.79 Å². The molecule has 5 nitrogen and oxygen atoms in total. The Bertz CT molecular complexity index is 915. The normalized spacial score (nSPS) is 15.2. The highest BCUT2D eigenvalue weighted by Crippen LogP contribution is 2.35. The molecule has 1 N–H and O–H groups in total. The van der Waals surface area contributed by atoms with Crippen LogP contribution in [-0.4, -0.2) is 25.3 Å². The first-order valence-electron chi connectivity index (χ1n) is 5.79. The lowest BCUT2D eigenvalue weighted by atomic mass is 10.0. The molecule has 2 aromatic carbocycles.